The first kappa shape index (κ1) is 16.1. The van der Waals surface area contributed by atoms with Crippen molar-refractivity contribution in [1.29, 1.82) is 0 Å². The van der Waals surface area contributed by atoms with Crippen molar-refractivity contribution in [2.75, 3.05) is 13.0 Å². The van der Waals surface area contributed by atoms with Gasteiger partial charge in [-0.05, 0) is 43.7 Å². The van der Waals surface area contributed by atoms with Gasteiger partial charge in [0.1, 0.15) is 11.6 Å². The van der Waals surface area contributed by atoms with Crippen molar-refractivity contribution in [2.24, 2.45) is 5.92 Å². The maximum absolute atomic E-state index is 14.0. The molecule has 1 aliphatic rings. The lowest BCUT2D eigenvalue weighted by Gasteiger charge is -2.38. The van der Waals surface area contributed by atoms with Crippen LogP contribution < -0.4 is 10.1 Å². The monoisotopic (exact) mass is 313 g/mol. The normalized spacial score (nSPS) is 25.4. The van der Waals surface area contributed by atoms with E-state index in [9.17, 15) is 9.18 Å². The van der Waals surface area contributed by atoms with E-state index in [0.29, 0.717) is 17.5 Å². The zero-order valence-corrected chi connectivity index (χ0v) is 13.2. The summed E-state index contributed by atoms with van der Waals surface area (Å²) in [5, 5.41) is 2.95. The fourth-order valence-electron chi connectivity index (χ4n) is 2.72. The molecule has 0 atom stereocenters. The van der Waals surface area contributed by atoms with Crippen molar-refractivity contribution in [3.63, 3.8) is 0 Å². The largest absolute Gasteiger partial charge is 0.497 e. The SMILES string of the molecule is COc1ccc(C(=O)NC2(CCl)CCC(C)CC2)c(F)c1. The van der Waals surface area contributed by atoms with Crippen molar-refractivity contribution >= 4 is 17.5 Å². The van der Waals surface area contributed by atoms with E-state index in [1.165, 1.54) is 19.2 Å². The molecule has 2 rings (SSSR count). The summed E-state index contributed by atoms with van der Waals surface area (Å²) in [4.78, 5) is 12.3. The van der Waals surface area contributed by atoms with Crippen LogP contribution in [0.1, 0.15) is 43.0 Å². The van der Waals surface area contributed by atoms with Gasteiger partial charge in [0.25, 0.3) is 5.91 Å². The summed E-state index contributed by atoms with van der Waals surface area (Å²) in [5.41, 5.74) is -0.392. The van der Waals surface area contributed by atoms with E-state index >= 15 is 0 Å². The van der Waals surface area contributed by atoms with E-state index in [1.807, 2.05) is 0 Å². The zero-order valence-electron chi connectivity index (χ0n) is 12.4. The molecule has 21 heavy (non-hydrogen) atoms. The molecule has 0 spiro atoms. The van der Waals surface area contributed by atoms with Gasteiger partial charge in [-0.15, -0.1) is 11.6 Å². The molecule has 0 aliphatic heterocycles. The van der Waals surface area contributed by atoms with Crippen molar-refractivity contribution in [3.05, 3.63) is 29.6 Å². The summed E-state index contributed by atoms with van der Waals surface area (Å²) >= 11 is 6.08. The minimum atomic E-state index is -0.583. The number of methoxy groups -OCH3 is 1. The summed E-state index contributed by atoms with van der Waals surface area (Å²) < 4.78 is 18.9. The molecule has 1 fully saturated rings. The fraction of sp³-hybridized carbons (Fsp3) is 0.562. The first-order chi connectivity index (χ1) is 9.99. The number of rotatable bonds is 4. The van der Waals surface area contributed by atoms with Crippen LogP contribution in [0.3, 0.4) is 0 Å². The third-order valence-corrected chi connectivity index (χ3v) is 4.80. The quantitative estimate of drug-likeness (QED) is 0.860. The van der Waals surface area contributed by atoms with E-state index in [4.69, 9.17) is 16.3 Å². The summed E-state index contributed by atoms with van der Waals surface area (Å²) in [6.45, 7) is 2.20. The van der Waals surface area contributed by atoms with E-state index in [2.05, 4.69) is 12.2 Å². The van der Waals surface area contributed by atoms with Gasteiger partial charge in [-0.2, -0.15) is 0 Å². The Labute approximate surface area is 129 Å². The van der Waals surface area contributed by atoms with Crippen molar-refractivity contribution < 1.29 is 13.9 Å². The summed E-state index contributed by atoms with van der Waals surface area (Å²) in [6, 6.07) is 4.23. The predicted molar refractivity (Wildman–Crippen MR) is 81.5 cm³/mol. The second-order valence-corrected chi connectivity index (χ2v) is 6.16. The van der Waals surface area contributed by atoms with Crippen LogP contribution in [0.15, 0.2) is 18.2 Å². The van der Waals surface area contributed by atoms with Crippen molar-refractivity contribution in [3.8, 4) is 5.75 Å². The van der Waals surface area contributed by atoms with Crippen LogP contribution in [-0.2, 0) is 0 Å². The van der Waals surface area contributed by atoms with E-state index in [1.54, 1.807) is 6.07 Å². The average Bonchev–Trinajstić information content (AvgIpc) is 2.49. The lowest BCUT2D eigenvalue weighted by molar-refractivity contribution is 0.0868. The van der Waals surface area contributed by atoms with Crippen LogP contribution in [0.25, 0.3) is 0 Å². The average molecular weight is 314 g/mol. The third-order valence-electron chi connectivity index (χ3n) is 4.29. The highest BCUT2D eigenvalue weighted by atomic mass is 35.5. The molecular weight excluding hydrogens is 293 g/mol. The van der Waals surface area contributed by atoms with Gasteiger partial charge >= 0.3 is 0 Å². The van der Waals surface area contributed by atoms with Gasteiger partial charge in [-0.1, -0.05) is 6.92 Å². The predicted octanol–water partition coefficient (Wildman–Crippen LogP) is 3.75. The molecule has 0 heterocycles. The summed E-state index contributed by atoms with van der Waals surface area (Å²) in [5.74, 6) is 0.396. The Kier molecular flexibility index (Phi) is 5.09. The second kappa shape index (κ2) is 6.65. The highest BCUT2D eigenvalue weighted by Crippen LogP contribution is 2.33. The second-order valence-electron chi connectivity index (χ2n) is 5.90. The van der Waals surface area contributed by atoms with Crippen molar-refractivity contribution in [2.45, 2.75) is 38.1 Å². The number of benzene rings is 1. The molecule has 116 valence electrons. The molecule has 1 aliphatic carbocycles. The van der Waals surface area contributed by atoms with Crippen LogP contribution >= 0.6 is 11.6 Å². The van der Waals surface area contributed by atoms with Gasteiger partial charge in [0.05, 0.1) is 18.2 Å². The lowest BCUT2D eigenvalue weighted by atomic mass is 9.78. The topological polar surface area (TPSA) is 38.3 Å². The molecule has 5 heteroatoms. The molecule has 1 N–H and O–H groups in total. The van der Waals surface area contributed by atoms with E-state index < -0.39 is 17.3 Å². The van der Waals surface area contributed by atoms with Crippen LogP contribution in [0.2, 0.25) is 0 Å². The summed E-state index contributed by atoms with van der Waals surface area (Å²) in [6.07, 6.45) is 3.72. The zero-order chi connectivity index (χ0) is 15.5. The minimum absolute atomic E-state index is 0.0268. The van der Waals surface area contributed by atoms with Crippen LogP contribution in [0.4, 0.5) is 4.39 Å². The number of carbonyl (C=O) groups is 1. The van der Waals surface area contributed by atoms with E-state index in [0.717, 1.165) is 25.7 Å². The Hall–Kier alpha value is -1.29. The number of alkyl halides is 1. The smallest absolute Gasteiger partial charge is 0.254 e. The molecule has 1 saturated carbocycles. The van der Waals surface area contributed by atoms with Crippen LogP contribution in [0.5, 0.6) is 5.75 Å². The van der Waals surface area contributed by atoms with Crippen LogP contribution in [0, 0.1) is 11.7 Å². The number of amides is 1. The lowest BCUT2D eigenvalue weighted by Crippen LogP contribution is -2.52. The molecule has 1 amide bonds. The van der Waals surface area contributed by atoms with Gasteiger partial charge in [-0.3, -0.25) is 4.79 Å². The molecular formula is C16H21ClFNO2. The molecule has 0 aromatic heterocycles. The Morgan fingerprint density at radius 1 is 1.48 bits per heavy atom. The number of nitrogens with one attached hydrogen (secondary N) is 1. The first-order valence-electron chi connectivity index (χ1n) is 7.22. The number of ether oxygens (including phenoxy) is 1. The van der Waals surface area contributed by atoms with Gasteiger partial charge in [0.15, 0.2) is 0 Å². The van der Waals surface area contributed by atoms with Gasteiger partial charge in [0.2, 0.25) is 0 Å². The van der Waals surface area contributed by atoms with Gasteiger partial charge in [-0.25, -0.2) is 4.39 Å². The molecule has 1 aromatic carbocycles. The molecule has 0 bridgehead atoms. The summed E-state index contributed by atoms with van der Waals surface area (Å²) in [7, 11) is 1.46. The first-order valence-corrected chi connectivity index (χ1v) is 7.75. The molecule has 0 saturated heterocycles. The Bertz CT molecular complexity index is 513. The fourth-order valence-corrected chi connectivity index (χ4v) is 3.06. The maximum Gasteiger partial charge on any atom is 0.254 e. The number of halogens is 2. The number of hydrogen-bond acceptors (Lipinski definition) is 2. The highest BCUT2D eigenvalue weighted by Gasteiger charge is 2.35. The highest BCUT2D eigenvalue weighted by molar-refractivity contribution is 6.19. The van der Waals surface area contributed by atoms with Gasteiger partial charge < -0.3 is 10.1 Å². The Balaban J connectivity index is 2.13. The Morgan fingerprint density at radius 3 is 2.67 bits per heavy atom. The standard InChI is InChI=1S/C16H21ClFNO2/c1-11-5-7-16(10-17,8-6-11)19-15(20)13-4-3-12(21-2)9-14(13)18/h3-4,9,11H,5-8,10H2,1-2H3,(H,19,20). The Morgan fingerprint density at radius 2 is 2.14 bits per heavy atom. The number of hydrogen-bond donors (Lipinski definition) is 1. The van der Waals surface area contributed by atoms with Gasteiger partial charge in [0, 0.05) is 11.9 Å². The number of carbonyl (C=O) groups excluding carboxylic acids is 1. The van der Waals surface area contributed by atoms with E-state index in [-0.39, 0.29) is 5.56 Å². The minimum Gasteiger partial charge on any atom is -0.497 e. The molecule has 0 unspecified atom stereocenters. The maximum atomic E-state index is 14.0. The molecule has 1 aromatic rings. The molecule has 3 nitrogen and oxygen atoms in total. The van der Waals surface area contributed by atoms with Crippen LogP contribution in [-0.4, -0.2) is 24.4 Å². The molecule has 0 radical (unpaired) electrons. The third kappa shape index (κ3) is 3.67. The van der Waals surface area contributed by atoms with Crippen molar-refractivity contribution in [1.82, 2.24) is 5.32 Å².